The van der Waals surface area contributed by atoms with Gasteiger partial charge in [-0.05, 0) is 43.6 Å². The van der Waals surface area contributed by atoms with E-state index >= 15 is 0 Å². The number of carbonyl (C=O) groups is 1. The van der Waals surface area contributed by atoms with E-state index in [2.05, 4.69) is 48.3 Å². The minimum atomic E-state index is -0.0817. The molecule has 1 heterocycles. The Hall–Kier alpha value is -1.35. The Kier molecular flexibility index (Phi) is 4.03. The van der Waals surface area contributed by atoms with E-state index < -0.39 is 0 Å². The summed E-state index contributed by atoms with van der Waals surface area (Å²) in [6.45, 7) is 6.61. The summed E-state index contributed by atoms with van der Waals surface area (Å²) >= 11 is 0. The predicted octanol–water partition coefficient (Wildman–Crippen LogP) is 3.33. The smallest absolute Gasteiger partial charge is 0.241 e. The molecule has 1 saturated heterocycles. The number of nitrogens with zero attached hydrogens (tertiary/aromatic N) is 1. The van der Waals surface area contributed by atoms with Gasteiger partial charge in [-0.3, -0.25) is 10.1 Å². The molecule has 3 rings (SSSR count). The summed E-state index contributed by atoms with van der Waals surface area (Å²) < 4.78 is 0. The summed E-state index contributed by atoms with van der Waals surface area (Å²) in [4.78, 5) is 14.8. The van der Waals surface area contributed by atoms with Crippen LogP contribution in [0.15, 0.2) is 30.3 Å². The van der Waals surface area contributed by atoms with E-state index in [1.54, 1.807) is 0 Å². The van der Waals surface area contributed by atoms with Crippen molar-refractivity contribution in [1.29, 1.82) is 0 Å². The number of benzene rings is 1. The zero-order chi connectivity index (χ0) is 15.0. The first kappa shape index (κ1) is 14.6. The number of carbonyl (C=O) groups excluding carboxylic acids is 1. The standard InChI is InChI=1S/C18H26N2O/c1-12-9-10-16(13(2)11-12)20-17(19-14(3)18(20)21)15-7-5-4-6-8-15/h4-8,12-14,16-17,19H,9-11H2,1-3H3. The van der Waals surface area contributed by atoms with Gasteiger partial charge in [0.25, 0.3) is 0 Å². The van der Waals surface area contributed by atoms with Gasteiger partial charge in [-0.15, -0.1) is 0 Å². The van der Waals surface area contributed by atoms with E-state index in [-0.39, 0.29) is 18.1 Å². The highest BCUT2D eigenvalue weighted by Crippen LogP contribution is 2.37. The Morgan fingerprint density at radius 2 is 1.81 bits per heavy atom. The number of hydrogen-bond donors (Lipinski definition) is 1. The molecule has 3 nitrogen and oxygen atoms in total. The summed E-state index contributed by atoms with van der Waals surface area (Å²) in [5.41, 5.74) is 1.20. The molecule has 114 valence electrons. The molecule has 1 aliphatic carbocycles. The van der Waals surface area contributed by atoms with Gasteiger partial charge in [0.05, 0.1) is 6.04 Å². The second kappa shape index (κ2) is 5.80. The van der Waals surface area contributed by atoms with Crippen LogP contribution in [0, 0.1) is 11.8 Å². The zero-order valence-corrected chi connectivity index (χ0v) is 13.3. The van der Waals surface area contributed by atoms with Gasteiger partial charge in [0.15, 0.2) is 0 Å². The van der Waals surface area contributed by atoms with E-state index in [4.69, 9.17) is 0 Å². The molecule has 0 spiro atoms. The fourth-order valence-electron chi connectivity index (χ4n) is 4.05. The van der Waals surface area contributed by atoms with Crippen LogP contribution in [0.3, 0.4) is 0 Å². The number of nitrogens with one attached hydrogen (secondary N) is 1. The van der Waals surface area contributed by atoms with E-state index in [0.29, 0.717) is 12.0 Å². The Morgan fingerprint density at radius 3 is 2.48 bits per heavy atom. The molecule has 21 heavy (non-hydrogen) atoms. The van der Waals surface area contributed by atoms with Crippen LogP contribution in [0.1, 0.15) is 51.8 Å². The molecular formula is C18H26N2O. The lowest BCUT2D eigenvalue weighted by atomic mass is 9.79. The maximum Gasteiger partial charge on any atom is 0.241 e. The summed E-state index contributed by atoms with van der Waals surface area (Å²) in [6, 6.07) is 10.7. The molecular weight excluding hydrogens is 260 g/mol. The third-order valence-electron chi connectivity index (χ3n) is 5.17. The minimum absolute atomic E-state index is 0.0366. The molecule has 2 fully saturated rings. The highest BCUT2D eigenvalue weighted by molar-refractivity contribution is 5.84. The lowest BCUT2D eigenvalue weighted by Crippen LogP contribution is -2.46. The van der Waals surface area contributed by atoms with Crippen molar-refractivity contribution in [3.63, 3.8) is 0 Å². The molecule has 5 atom stereocenters. The monoisotopic (exact) mass is 286 g/mol. The predicted molar refractivity (Wildman–Crippen MR) is 84.6 cm³/mol. The van der Waals surface area contributed by atoms with Gasteiger partial charge in [-0.1, -0.05) is 44.2 Å². The van der Waals surface area contributed by atoms with Crippen LogP contribution in [0.25, 0.3) is 0 Å². The van der Waals surface area contributed by atoms with Crippen molar-refractivity contribution in [3.05, 3.63) is 35.9 Å². The second-order valence-corrected chi connectivity index (χ2v) is 6.91. The van der Waals surface area contributed by atoms with E-state index in [9.17, 15) is 4.79 Å². The topological polar surface area (TPSA) is 32.3 Å². The summed E-state index contributed by atoms with van der Waals surface area (Å²) in [5, 5.41) is 3.48. The normalized spacial score (nSPS) is 37.0. The van der Waals surface area contributed by atoms with Gasteiger partial charge in [0.1, 0.15) is 6.17 Å². The van der Waals surface area contributed by atoms with Crippen LogP contribution in [0.2, 0.25) is 0 Å². The molecule has 5 unspecified atom stereocenters. The van der Waals surface area contributed by atoms with E-state index in [1.807, 2.05) is 13.0 Å². The maximum absolute atomic E-state index is 12.7. The highest BCUT2D eigenvalue weighted by Gasteiger charge is 2.43. The van der Waals surface area contributed by atoms with Crippen molar-refractivity contribution in [3.8, 4) is 0 Å². The molecule has 1 aliphatic heterocycles. The Labute approximate surface area is 127 Å². The molecule has 1 aromatic carbocycles. The van der Waals surface area contributed by atoms with Crippen molar-refractivity contribution < 1.29 is 4.79 Å². The molecule has 1 amide bonds. The lowest BCUT2D eigenvalue weighted by molar-refractivity contribution is -0.134. The third-order valence-corrected chi connectivity index (χ3v) is 5.17. The average molecular weight is 286 g/mol. The largest absolute Gasteiger partial charge is 0.318 e. The first-order valence-electron chi connectivity index (χ1n) is 8.21. The Morgan fingerprint density at radius 1 is 1.10 bits per heavy atom. The Bertz CT molecular complexity index is 501. The molecule has 3 heteroatoms. The molecule has 0 bridgehead atoms. The van der Waals surface area contributed by atoms with Crippen molar-refractivity contribution in [2.45, 2.75) is 58.3 Å². The molecule has 2 aliphatic rings. The summed E-state index contributed by atoms with van der Waals surface area (Å²) in [7, 11) is 0. The lowest BCUT2D eigenvalue weighted by Gasteiger charge is -2.41. The summed E-state index contributed by atoms with van der Waals surface area (Å²) in [6.07, 6.45) is 3.62. The average Bonchev–Trinajstić information content (AvgIpc) is 2.76. The quantitative estimate of drug-likeness (QED) is 0.904. The van der Waals surface area contributed by atoms with Crippen LogP contribution in [0.5, 0.6) is 0 Å². The van der Waals surface area contributed by atoms with Gasteiger partial charge in [-0.25, -0.2) is 0 Å². The maximum atomic E-state index is 12.7. The summed E-state index contributed by atoms with van der Waals surface area (Å²) in [5.74, 6) is 1.63. The number of hydrogen-bond acceptors (Lipinski definition) is 2. The first-order valence-corrected chi connectivity index (χ1v) is 8.21. The fraction of sp³-hybridized carbons (Fsp3) is 0.611. The Balaban J connectivity index is 1.88. The van der Waals surface area contributed by atoms with Crippen molar-refractivity contribution in [1.82, 2.24) is 10.2 Å². The molecule has 0 aromatic heterocycles. The van der Waals surface area contributed by atoms with Gasteiger partial charge < -0.3 is 4.90 Å². The first-order chi connectivity index (χ1) is 10.1. The molecule has 0 radical (unpaired) electrons. The van der Waals surface area contributed by atoms with Crippen LogP contribution < -0.4 is 5.32 Å². The van der Waals surface area contributed by atoms with E-state index in [1.165, 1.54) is 18.4 Å². The number of rotatable bonds is 2. The molecule has 1 N–H and O–H groups in total. The number of amides is 1. The third kappa shape index (κ3) is 2.71. The van der Waals surface area contributed by atoms with Crippen molar-refractivity contribution in [2.75, 3.05) is 0 Å². The fourth-order valence-corrected chi connectivity index (χ4v) is 4.05. The van der Waals surface area contributed by atoms with Crippen LogP contribution in [-0.2, 0) is 4.79 Å². The van der Waals surface area contributed by atoms with Crippen LogP contribution in [-0.4, -0.2) is 22.9 Å². The van der Waals surface area contributed by atoms with Crippen molar-refractivity contribution >= 4 is 5.91 Å². The van der Waals surface area contributed by atoms with Crippen molar-refractivity contribution in [2.24, 2.45) is 11.8 Å². The van der Waals surface area contributed by atoms with Gasteiger partial charge in [0.2, 0.25) is 5.91 Å². The van der Waals surface area contributed by atoms with Crippen LogP contribution >= 0.6 is 0 Å². The highest BCUT2D eigenvalue weighted by atomic mass is 16.2. The SMILES string of the molecule is CC1CCC(N2C(=O)C(C)NC2c2ccccc2)C(C)C1. The van der Waals surface area contributed by atoms with Gasteiger partial charge >= 0.3 is 0 Å². The van der Waals surface area contributed by atoms with E-state index in [0.717, 1.165) is 12.3 Å². The zero-order valence-electron chi connectivity index (χ0n) is 13.3. The van der Waals surface area contributed by atoms with Crippen LogP contribution in [0.4, 0.5) is 0 Å². The second-order valence-electron chi connectivity index (χ2n) is 6.91. The molecule has 1 aromatic rings. The van der Waals surface area contributed by atoms with Gasteiger partial charge in [0, 0.05) is 6.04 Å². The minimum Gasteiger partial charge on any atom is -0.318 e. The molecule has 1 saturated carbocycles. The van der Waals surface area contributed by atoms with Gasteiger partial charge in [-0.2, -0.15) is 0 Å².